The predicted molar refractivity (Wildman–Crippen MR) is 64.7 cm³/mol. The zero-order chi connectivity index (χ0) is 11.5. The molecule has 0 aliphatic carbocycles. The third kappa shape index (κ3) is 1.99. The maximum atomic E-state index is 5.51. The van der Waals surface area contributed by atoms with Gasteiger partial charge in [-0.2, -0.15) is 5.10 Å². The summed E-state index contributed by atoms with van der Waals surface area (Å²) in [5.74, 6) is 0.955. The Morgan fingerprint density at radius 3 is 3.06 bits per heavy atom. The second-order valence-electron chi connectivity index (χ2n) is 3.93. The molecule has 0 saturated carbocycles. The molecule has 0 saturated heterocycles. The summed E-state index contributed by atoms with van der Waals surface area (Å²) in [7, 11) is 2.03. The fourth-order valence-corrected chi connectivity index (χ4v) is 1.76. The van der Waals surface area contributed by atoms with Gasteiger partial charge in [-0.3, -0.25) is 0 Å². The van der Waals surface area contributed by atoms with Crippen molar-refractivity contribution in [2.75, 3.05) is 25.0 Å². The van der Waals surface area contributed by atoms with Gasteiger partial charge in [0.2, 0.25) is 0 Å². The molecule has 5 nitrogen and oxygen atoms in total. The van der Waals surface area contributed by atoms with Crippen LogP contribution in [0.4, 0.5) is 5.82 Å². The number of anilines is 1. The van der Waals surface area contributed by atoms with Crippen LogP contribution in [0.25, 0.3) is 5.52 Å². The van der Waals surface area contributed by atoms with Gasteiger partial charge in [0.25, 0.3) is 0 Å². The Kier molecular flexibility index (Phi) is 3.05. The van der Waals surface area contributed by atoms with Gasteiger partial charge in [0, 0.05) is 26.0 Å². The summed E-state index contributed by atoms with van der Waals surface area (Å²) in [4.78, 5) is 6.51. The summed E-state index contributed by atoms with van der Waals surface area (Å²) >= 11 is 0. The molecular weight excluding hydrogens is 202 g/mol. The van der Waals surface area contributed by atoms with Gasteiger partial charge in [-0.1, -0.05) is 0 Å². The van der Waals surface area contributed by atoms with Crippen molar-refractivity contribution in [2.45, 2.75) is 13.3 Å². The fraction of sp³-hybridized carbons (Fsp3) is 0.455. The van der Waals surface area contributed by atoms with E-state index in [1.807, 2.05) is 30.8 Å². The Bertz CT molecular complexity index is 476. The molecule has 2 N–H and O–H groups in total. The van der Waals surface area contributed by atoms with Crippen LogP contribution in [-0.2, 0) is 0 Å². The Morgan fingerprint density at radius 1 is 1.50 bits per heavy atom. The molecule has 2 aromatic heterocycles. The van der Waals surface area contributed by atoms with Gasteiger partial charge in [0.05, 0.1) is 5.69 Å². The maximum absolute atomic E-state index is 5.51. The van der Waals surface area contributed by atoms with Crippen molar-refractivity contribution in [3.8, 4) is 0 Å². The molecular formula is C11H17N5. The summed E-state index contributed by atoms with van der Waals surface area (Å²) in [6, 6.07) is 2.04. The molecule has 86 valence electrons. The van der Waals surface area contributed by atoms with Crippen LogP contribution in [0.3, 0.4) is 0 Å². The first-order valence-corrected chi connectivity index (χ1v) is 5.44. The van der Waals surface area contributed by atoms with E-state index >= 15 is 0 Å². The number of hydrogen-bond donors (Lipinski definition) is 1. The van der Waals surface area contributed by atoms with E-state index in [0.29, 0.717) is 6.54 Å². The summed E-state index contributed by atoms with van der Waals surface area (Å²) in [5, 5.41) is 4.36. The van der Waals surface area contributed by atoms with Gasteiger partial charge >= 0.3 is 0 Å². The highest BCUT2D eigenvalue weighted by molar-refractivity contribution is 5.68. The molecule has 0 aromatic carbocycles. The standard InChI is InChI=1S/C11H17N5/c1-9-8-10-11(15(2)6-3-4-12)13-5-7-16(10)14-9/h5,7-8H,3-4,6,12H2,1-2H3. The topological polar surface area (TPSA) is 59.5 Å². The molecule has 2 rings (SSSR count). The third-order valence-electron chi connectivity index (χ3n) is 2.55. The molecule has 0 aliphatic heterocycles. The van der Waals surface area contributed by atoms with Crippen molar-refractivity contribution in [1.29, 1.82) is 0 Å². The van der Waals surface area contributed by atoms with Crippen LogP contribution in [0.5, 0.6) is 0 Å². The average Bonchev–Trinajstić information content (AvgIpc) is 2.65. The van der Waals surface area contributed by atoms with E-state index < -0.39 is 0 Å². The molecule has 5 heteroatoms. The normalized spacial score (nSPS) is 10.9. The van der Waals surface area contributed by atoms with E-state index in [2.05, 4.69) is 15.0 Å². The Balaban J connectivity index is 2.35. The molecule has 16 heavy (non-hydrogen) atoms. The SMILES string of the molecule is Cc1cc2c(N(C)CCCN)nccn2n1. The highest BCUT2D eigenvalue weighted by atomic mass is 15.3. The largest absolute Gasteiger partial charge is 0.358 e. The first-order valence-electron chi connectivity index (χ1n) is 5.44. The lowest BCUT2D eigenvalue weighted by Crippen LogP contribution is -2.22. The van der Waals surface area contributed by atoms with E-state index in [-0.39, 0.29) is 0 Å². The van der Waals surface area contributed by atoms with Crippen molar-refractivity contribution < 1.29 is 0 Å². The molecule has 2 heterocycles. The number of aromatic nitrogens is 3. The second-order valence-corrected chi connectivity index (χ2v) is 3.93. The Hall–Kier alpha value is -1.62. The van der Waals surface area contributed by atoms with Gasteiger partial charge in [0.15, 0.2) is 5.82 Å². The van der Waals surface area contributed by atoms with Crippen molar-refractivity contribution in [3.63, 3.8) is 0 Å². The van der Waals surface area contributed by atoms with Crippen molar-refractivity contribution >= 4 is 11.3 Å². The molecule has 0 fully saturated rings. The lowest BCUT2D eigenvalue weighted by molar-refractivity contribution is 0.784. The van der Waals surface area contributed by atoms with Gasteiger partial charge < -0.3 is 10.6 Å². The fourth-order valence-electron chi connectivity index (χ4n) is 1.76. The number of nitrogens with two attached hydrogens (primary N) is 1. The van der Waals surface area contributed by atoms with Crippen LogP contribution in [0.15, 0.2) is 18.5 Å². The van der Waals surface area contributed by atoms with Crippen LogP contribution in [-0.4, -0.2) is 34.7 Å². The number of fused-ring (bicyclic) bond motifs is 1. The number of nitrogens with zero attached hydrogens (tertiary/aromatic N) is 4. The smallest absolute Gasteiger partial charge is 0.154 e. The van der Waals surface area contributed by atoms with Crippen LogP contribution in [0.1, 0.15) is 12.1 Å². The molecule has 0 amide bonds. The van der Waals surface area contributed by atoms with E-state index in [4.69, 9.17) is 5.73 Å². The summed E-state index contributed by atoms with van der Waals surface area (Å²) in [6.07, 6.45) is 4.60. The Morgan fingerprint density at radius 2 is 2.31 bits per heavy atom. The molecule has 0 radical (unpaired) electrons. The summed E-state index contributed by atoms with van der Waals surface area (Å²) in [5.41, 5.74) is 7.55. The van der Waals surface area contributed by atoms with Gasteiger partial charge in [0.1, 0.15) is 5.52 Å². The molecule has 0 spiro atoms. The minimum absolute atomic E-state index is 0.700. The minimum atomic E-state index is 0.700. The lowest BCUT2D eigenvalue weighted by Gasteiger charge is -2.18. The second kappa shape index (κ2) is 4.49. The first kappa shape index (κ1) is 10.9. The highest BCUT2D eigenvalue weighted by Crippen LogP contribution is 2.18. The van der Waals surface area contributed by atoms with Crippen LogP contribution in [0, 0.1) is 6.92 Å². The van der Waals surface area contributed by atoms with Crippen molar-refractivity contribution in [3.05, 3.63) is 24.2 Å². The van der Waals surface area contributed by atoms with Crippen molar-refractivity contribution in [2.24, 2.45) is 5.73 Å². The minimum Gasteiger partial charge on any atom is -0.358 e. The summed E-state index contributed by atoms with van der Waals surface area (Å²) in [6.45, 7) is 3.59. The number of hydrogen-bond acceptors (Lipinski definition) is 4. The zero-order valence-electron chi connectivity index (χ0n) is 9.72. The van der Waals surface area contributed by atoms with Crippen molar-refractivity contribution in [1.82, 2.24) is 14.6 Å². The molecule has 0 aliphatic rings. The lowest BCUT2D eigenvalue weighted by atomic mass is 10.3. The predicted octanol–water partition coefficient (Wildman–Crippen LogP) is 0.823. The molecule has 2 aromatic rings. The van der Waals surface area contributed by atoms with E-state index in [1.165, 1.54) is 0 Å². The highest BCUT2D eigenvalue weighted by Gasteiger charge is 2.08. The quantitative estimate of drug-likeness (QED) is 0.827. The number of rotatable bonds is 4. The first-order chi connectivity index (χ1) is 7.72. The van der Waals surface area contributed by atoms with Crippen LogP contribution in [0.2, 0.25) is 0 Å². The summed E-state index contributed by atoms with van der Waals surface area (Å²) < 4.78 is 1.86. The maximum Gasteiger partial charge on any atom is 0.154 e. The van der Waals surface area contributed by atoms with E-state index in [0.717, 1.165) is 30.0 Å². The average molecular weight is 219 g/mol. The number of aryl methyl sites for hydroxylation is 1. The zero-order valence-corrected chi connectivity index (χ0v) is 9.72. The molecule has 0 unspecified atom stereocenters. The van der Waals surface area contributed by atoms with Gasteiger partial charge in [-0.15, -0.1) is 0 Å². The monoisotopic (exact) mass is 219 g/mol. The van der Waals surface area contributed by atoms with E-state index in [1.54, 1.807) is 6.20 Å². The third-order valence-corrected chi connectivity index (χ3v) is 2.55. The molecule has 0 bridgehead atoms. The van der Waals surface area contributed by atoms with Gasteiger partial charge in [-0.05, 0) is 26.0 Å². The Labute approximate surface area is 94.9 Å². The van der Waals surface area contributed by atoms with E-state index in [9.17, 15) is 0 Å². The molecule has 0 atom stereocenters. The van der Waals surface area contributed by atoms with Crippen LogP contribution >= 0.6 is 0 Å². The van der Waals surface area contributed by atoms with Gasteiger partial charge in [-0.25, -0.2) is 9.50 Å². The van der Waals surface area contributed by atoms with Crippen LogP contribution < -0.4 is 10.6 Å².